The van der Waals surface area contributed by atoms with Crippen LogP contribution in [-0.4, -0.2) is 64.9 Å². The molecule has 40 heavy (non-hydrogen) atoms. The summed E-state index contributed by atoms with van der Waals surface area (Å²) < 4.78 is 6.04. The summed E-state index contributed by atoms with van der Waals surface area (Å²) in [5.74, 6) is -1.46. The number of carbonyl (C=O) groups is 4. The maximum atomic E-state index is 13.4. The molecule has 216 valence electrons. The lowest BCUT2D eigenvalue weighted by Gasteiger charge is -2.29. The van der Waals surface area contributed by atoms with Crippen LogP contribution >= 0.6 is 0 Å². The van der Waals surface area contributed by atoms with Crippen molar-refractivity contribution < 1.29 is 23.9 Å². The molecule has 4 amide bonds. The molecule has 0 aliphatic carbocycles. The third kappa shape index (κ3) is 9.03. The van der Waals surface area contributed by atoms with E-state index in [9.17, 15) is 19.2 Å². The molecular formula is C29H40N6O5. The van der Waals surface area contributed by atoms with Crippen LogP contribution in [0, 0.1) is 11.8 Å². The predicted octanol–water partition coefficient (Wildman–Crippen LogP) is 1.78. The fourth-order valence-electron chi connectivity index (χ4n) is 4.46. The van der Waals surface area contributed by atoms with Crippen LogP contribution in [0.4, 0.5) is 0 Å². The van der Waals surface area contributed by atoms with Crippen molar-refractivity contribution in [3.63, 3.8) is 0 Å². The summed E-state index contributed by atoms with van der Waals surface area (Å²) in [5, 5.41) is 11.3. The fraction of sp³-hybridized carbons (Fsp3) is 0.517. The highest BCUT2D eigenvalue weighted by Gasteiger charge is 2.32. The van der Waals surface area contributed by atoms with Crippen molar-refractivity contribution in [3.8, 4) is 5.75 Å². The summed E-state index contributed by atoms with van der Waals surface area (Å²) in [4.78, 5) is 61.2. The monoisotopic (exact) mass is 552 g/mol. The molecule has 2 aromatic rings. The molecule has 0 bridgehead atoms. The average Bonchev–Trinajstić information content (AvgIpc) is 2.93. The van der Waals surface area contributed by atoms with Gasteiger partial charge in [0.1, 0.15) is 24.4 Å². The second-order valence-electron chi connectivity index (χ2n) is 10.5. The largest absolute Gasteiger partial charge is 0.491 e. The summed E-state index contributed by atoms with van der Waals surface area (Å²) in [6, 6.07) is 4.38. The number of para-hydroxylation sites is 1. The zero-order valence-corrected chi connectivity index (χ0v) is 23.6. The van der Waals surface area contributed by atoms with Crippen molar-refractivity contribution in [1.29, 1.82) is 0 Å². The summed E-state index contributed by atoms with van der Waals surface area (Å²) in [6.07, 6.45) is 6.11. The van der Waals surface area contributed by atoms with Crippen LogP contribution in [0.2, 0.25) is 0 Å². The van der Waals surface area contributed by atoms with E-state index in [0.29, 0.717) is 30.7 Å². The maximum absolute atomic E-state index is 13.4. The molecule has 11 nitrogen and oxygen atoms in total. The van der Waals surface area contributed by atoms with Gasteiger partial charge in [0.25, 0.3) is 5.91 Å². The molecule has 2 heterocycles. The topological polar surface area (TPSA) is 151 Å². The molecule has 0 saturated heterocycles. The van der Waals surface area contributed by atoms with Crippen LogP contribution in [0.3, 0.4) is 0 Å². The van der Waals surface area contributed by atoms with Gasteiger partial charge in [-0.1, -0.05) is 46.2 Å². The van der Waals surface area contributed by atoms with Crippen LogP contribution in [0.15, 0.2) is 42.9 Å². The van der Waals surface area contributed by atoms with Crippen LogP contribution in [0.5, 0.6) is 5.75 Å². The van der Waals surface area contributed by atoms with Crippen LogP contribution < -0.4 is 26.0 Å². The Morgan fingerprint density at radius 1 is 1.10 bits per heavy atom. The molecule has 1 aliphatic heterocycles. The third-order valence-electron chi connectivity index (χ3n) is 6.79. The van der Waals surface area contributed by atoms with Crippen molar-refractivity contribution in [2.75, 3.05) is 13.2 Å². The van der Waals surface area contributed by atoms with Crippen molar-refractivity contribution in [1.82, 2.24) is 31.2 Å². The van der Waals surface area contributed by atoms with Crippen LogP contribution in [0.25, 0.3) is 0 Å². The van der Waals surface area contributed by atoms with Gasteiger partial charge < -0.3 is 26.0 Å². The maximum Gasteiger partial charge on any atom is 0.255 e. The van der Waals surface area contributed by atoms with E-state index < -0.39 is 29.8 Å². The Bertz CT molecular complexity index is 1160. The number of ether oxygens (including phenoxy) is 1. The summed E-state index contributed by atoms with van der Waals surface area (Å²) in [5.41, 5.74) is 0.921. The Morgan fingerprint density at radius 3 is 2.58 bits per heavy atom. The molecule has 3 rings (SSSR count). The standard InChI is InChI=1S/C29H40N6O5/c1-5-19(4)26-29(39)33-21(14-18(2)3)17-40-24-9-7-6-8-22(24)27(37)34-23(15-25(36)35-26)28(38)32-11-10-20-16-30-12-13-31-20/h6-9,12-13,16,18-19,21,23,26H,5,10-11,14-15,17H2,1-4H3,(H,32,38)(H,33,39)(H,34,37)(H,35,36)/t19-,21-,23-,26-/m0/s1. The van der Waals surface area contributed by atoms with Gasteiger partial charge in [-0.15, -0.1) is 0 Å². The SMILES string of the molecule is CC[C@H](C)[C@@H]1NC(=O)C[C@@H](C(=O)NCCc2cnccn2)NC(=O)c2ccccc2OC[C@H](CC(C)C)NC1=O. The second-order valence-corrected chi connectivity index (χ2v) is 10.5. The normalized spacial score (nSPS) is 21.1. The van der Waals surface area contributed by atoms with E-state index in [0.717, 1.165) is 0 Å². The molecule has 1 aliphatic rings. The average molecular weight is 553 g/mol. The first-order valence-electron chi connectivity index (χ1n) is 13.8. The van der Waals surface area contributed by atoms with Gasteiger partial charge in [0.15, 0.2) is 0 Å². The highest BCUT2D eigenvalue weighted by molar-refractivity contribution is 6.01. The Labute approximate surface area is 235 Å². The lowest BCUT2D eigenvalue weighted by Crippen LogP contribution is -2.56. The number of nitrogens with one attached hydrogen (secondary N) is 4. The number of aromatic nitrogens is 2. The minimum absolute atomic E-state index is 0.141. The Morgan fingerprint density at radius 2 is 1.88 bits per heavy atom. The summed E-state index contributed by atoms with van der Waals surface area (Å²) >= 11 is 0. The van der Waals surface area contributed by atoms with E-state index in [1.165, 1.54) is 0 Å². The molecule has 0 radical (unpaired) electrons. The second kappa shape index (κ2) is 14.9. The number of carbonyl (C=O) groups excluding carboxylic acids is 4. The molecule has 0 unspecified atom stereocenters. The minimum Gasteiger partial charge on any atom is -0.491 e. The van der Waals surface area contributed by atoms with E-state index in [4.69, 9.17) is 4.74 Å². The van der Waals surface area contributed by atoms with Crippen molar-refractivity contribution in [3.05, 3.63) is 54.1 Å². The van der Waals surface area contributed by atoms with E-state index in [1.807, 2.05) is 27.7 Å². The van der Waals surface area contributed by atoms with E-state index >= 15 is 0 Å². The van der Waals surface area contributed by atoms with Gasteiger partial charge in [-0.2, -0.15) is 0 Å². The quantitative estimate of drug-likeness (QED) is 0.390. The first-order valence-corrected chi connectivity index (χ1v) is 13.8. The Balaban J connectivity index is 1.87. The predicted molar refractivity (Wildman–Crippen MR) is 149 cm³/mol. The number of benzene rings is 1. The third-order valence-corrected chi connectivity index (χ3v) is 6.79. The number of amides is 4. The first kappa shape index (κ1) is 30.5. The molecule has 0 spiro atoms. The van der Waals surface area contributed by atoms with Gasteiger partial charge in [0.05, 0.1) is 23.7 Å². The molecule has 0 fully saturated rings. The highest BCUT2D eigenvalue weighted by atomic mass is 16.5. The number of hydrogen-bond donors (Lipinski definition) is 4. The molecule has 11 heteroatoms. The zero-order valence-electron chi connectivity index (χ0n) is 23.6. The number of rotatable bonds is 8. The number of fused-ring (bicyclic) bond motifs is 1. The van der Waals surface area contributed by atoms with Crippen molar-refractivity contribution in [2.24, 2.45) is 11.8 Å². The molecule has 4 atom stereocenters. The van der Waals surface area contributed by atoms with Gasteiger partial charge in [0.2, 0.25) is 17.7 Å². The molecule has 1 aromatic heterocycles. The first-order chi connectivity index (χ1) is 19.2. The Hall–Kier alpha value is -4.02. The van der Waals surface area contributed by atoms with Gasteiger partial charge in [0, 0.05) is 31.6 Å². The minimum atomic E-state index is -1.18. The summed E-state index contributed by atoms with van der Waals surface area (Å²) in [6.45, 7) is 8.30. The van der Waals surface area contributed by atoms with Crippen LogP contribution in [-0.2, 0) is 20.8 Å². The van der Waals surface area contributed by atoms with Crippen LogP contribution in [0.1, 0.15) is 63.0 Å². The molecule has 4 N–H and O–H groups in total. The van der Waals surface area contributed by atoms with E-state index in [2.05, 4.69) is 31.2 Å². The lowest BCUT2D eigenvalue weighted by atomic mass is 9.96. The van der Waals surface area contributed by atoms with Gasteiger partial charge in [-0.25, -0.2) is 0 Å². The highest BCUT2D eigenvalue weighted by Crippen LogP contribution is 2.20. The van der Waals surface area contributed by atoms with Crippen molar-refractivity contribution >= 4 is 23.6 Å². The van der Waals surface area contributed by atoms with Crippen molar-refractivity contribution in [2.45, 2.75) is 71.5 Å². The number of hydrogen-bond acceptors (Lipinski definition) is 7. The zero-order chi connectivity index (χ0) is 29.1. The molecular weight excluding hydrogens is 512 g/mol. The molecule has 1 aromatic carbocycles. The lowest BCUT2D eigenvalue weighted by molar-refractivity contribution is -0.132. The fourth-order valence-corrected chi connectivity index (χ4v) is 4.46. The number of nitrogens with zero attached hydrogens (tertiary/aromatic N) is 2. The van der Waals surface area contributed by atoms with Gasteiger partial charge in [-0.3, -0.25) is 29.1 Å². The van der Waals surface area contributed by atoms with E-state index in [1.54, 1.807) is 42.9 Å². The van der Waals surface area contributed by atoms with Gasteiger partial charge >= 0.3 is 0 Å². The summed E-state index contributed by atoms with van der Waals surface area (Å²) in [7, 11) is 0. The van der Waals surface area contributed by atoms with Gasteiger partial charge in [-0.05, 0) is 30.4 Å². The molecule has 0 saturated carbocycles. The van der Waals surface area contributed by atoms with E-state index in [-0.39, 0.29) is 48.9 Å². The smallest absolute Gasteiger partial charge is 0.255 e. The Kier molecular flexibility index (Phi) is 11.4.